The Balaban J connectivity index is 1.67. The van der Waals surface area contributed by atoms with Gasteiger partial charge in [-0.25, -0.2) is 5.01 Å². The van der Waals surface area contributed by atoms with Crippen molar-refractivity contribution in [2.45, 2.75) is 13.0 Å². The van der Waals surface area contributed by atoms with E-state index in [4.69, 9.17) is 26.3 Å². The van der Waals surface area contributed by atoms with Crippen LogP contribution in [0, 0.1) is 14.9 Å². The average molecular weight is 598 g/mol. The Bertz CT molecular complexity index is 1350. The number of halogens is 2. The fraction of sp³-hybridized carbons (Fsp3) is 0.148. The van der Waals surface area contributed by atoms with Crippen molar-refractivity contribution in [3.63, 3.8) is 0 Å². The first kappa shape index (κ1) is 24.8. The summed E-state index contributed by atoms with van der Waals surface area (Å²) < 4.78 is 12.5. The largest absolute Gasteiger partial charge is 0.493 e. The summed E-state index contributed by atoms with van der Waals surface area (Å²) in [6, 6.07) is 22.8. The molecule has 0 saturated heterocycles. The average Bonchev–Trinajstić information content (AvgIpc) is 3.18. The minimum atomic E-state index is -0.243. The maximum absolute atomic E-state index is 13.2. The van der Waals surface area contributed by atoms with Gasteiger partial charge in [0.2, 0.25) is 0 Å². The predicted octanol–water partition coefficient (Wildman–Crippen LogP) is 6.08. The Morgan fingerprint density at radius 1 is 1.14 bits per heavy atom. The Labute approximate surface area is 222 Å². The number of hydrazone groups is 1. The summed E-state index contributed by atoms with van der Waals surface area (Å²) >= 11 is 8.45. The van der Waals surface area contributed by atoms with Crippen LogP contribution in [0.2, 0.25) is 5.02 Å². The molecule has 0 atom stereocenters. The molecule has 0 radical (unpaired) electrons. The van der Waals surface area contributed by atoms with Crippen LogP contribution in [0.3, 0.4) is 0 Å². The van der Waals surface area contributed by atoms with Crippen molar-refractivity contribution in [3.05, 3.63) is 97.6 Å². The molecule has 0 aliphatic carbocycles. The molecule has 0 unspecified atom stereocenters. The summed E-state index contributed by atoms with van der Waals surface area (Å²) in [5.41, 5.74) is 3.49. The maximum atomic E-state index is 13.2. The van der Waals surface area contributed by atoms with Gasteiger partial charge in [0.25, 0.3) is 5.91 Å². The van der Waals surface area contributed by atoms with Gasteiger partial charge >= 0.3 is 0 Å². The van der Waals surface area contributed by atoms with Crippen LogP contribution in [0.25, 0.3) is 6.08 Å². The zero-order chi connectivity index (χ0) is 24.8. The minimum absolute atomic E-state index is 0.202. The van der Waals surface area contributed by atoms with Crippen molar-refractivity contribution >= 4 is 51.9 Å². The molecule has 3 aromatic rings. The molecule has 176 valence electrons. The molecule has 1 aliphatic heterocycles. The molecule has 6 nitrogen and oxygen atoms in total. The number of rotatable bonds is 8. The monoisotopic (exact) mass is 597 g/mol. The zero-order valence-corrected chi connectivity index (χ0v) is 21.8. The summed E-state index contributed by atoms with van der Waals surface area (Å²) in [4.78, 5) is 13.2. The number of nitriles is 1. The van der Waals surface area contributed by atoms with Crippen molar-refractivity contribution in [1.29, 1.82) is 5.26 Å². The van der Waals surface area contributed by atoms with Crippen molar-refractivity contribution in [3.8, 4) is 17.6 Å². The normalized spacial score (nSPS) is 14.1. The number of benzene rings is 3. The Morgan fingerprint density at radius 3 is 2.60 bits per heavy atom. The molecular formula is C27H21ClIN3O3. The highest BCUT2D eigenvalue weighted by Gasteiger charge is 2.30. The van der Waals surface area contributed by atoms with Gasteiger partial charge in [0.1, 0.15) is 12.3 Å². The lowest BCUT2D eigenvalue weighted by atomic mass is 10.00. The Morgan fingerprint density at radius 2 is 1.89 bits per heavy atom. The molecule has 1 aliphatic rings. The lowest BCUT2D eigenvalue weighted by Crippen LogP contribution is -2.23. The van der Waals surface area contributed by atoms with Crippen LogP contribution in [0.1, 0.15) is 23.1 Å². The van der Waals surface area contributed by atoms with Crippen LogP contribution in [0.4, 0.5) is 0 Å². The molecule has 3 aromatic carbocycles. The Kier molecular flexibility index (Phi) is 8.06. The van der Waals surface area contributed by atoms with Gasteiger partial charge in [0.05, 0.1) is 35.3 Å². The van der Waals surface area contributed by atoms with Gasteiger partial charge in [-0.3, -0.25) is 4.79 Å². The molecule has 1 heterocycles. The van der Waals surface area contributed by atoms with Gasteiger partial charge < -0.3 is 9.47 Å². The fourth-order valence-electron chi connectivity index (χ4n) is 3.60. The SMILES string of the molecule is COc1cc(/C=C2\C(=O)N(CCC#N)N=C2c2ccccc2)cc(I)c1OCc1ccccc1Cl. The highest BCUT2D eigenvalue weighted by atomic mass is 127. The quantitative estimate of drug-likeness (QED) is 0.233. The number of ether oxygens (including phenoxy) is 2. The van der Waals surface area contributed by atoms with Gasteiger partial charge in [-0.15, -0.1) is 0 Å². The number of carbonyl (C=O) groups is 1. The standard InChI is InChI=1S/C27H21ClIN3O3/c1-34-24-16-18(15-23(29)26(24)35-17-20-10-5-6-11-22(20)28)14-21-25(19-8-3-2-4-9-19)31-32(27(21)33)13-7-12-30/h2-6,8-11,14-16H,7,13,17H2,1H3/b21-14-. The van der Waals surface area contributed by atoms with Crippen molar-refractivity contribution < 1.29 is 14.3 Å². The maximum Gasteiger partial charge on any atom is 0.276 e. The first-order valence-electron chi connectivity index (χ1n) is 10.8. The number of methoxy groups -OCH3 is 1. The molecule has 0 fully saturated rings. The number of amides is 1. The van der Waals surface area contributed by atoms with Crippen LogP contribution in [-0.4, -0.2) is 30.3 Å². The van der Waals surface area contributed by atoms with E-state index in [9.17, 15) is 4.79 Å². The molecule has 35 heavy (non-hydrogen) atoms. The van der Waals surface area contributed by atoms with E-state index in [2.05, 4.69) is 33.8 Å². The van der Waals surface area contributed by atoms with Crippen LogP contribution in [-0.2, 0) is 11.4 Å². The van der Waals surface area contributed by atoms with E-state index >= 15 is 0 Å². The lowest BCUT2D eigenvalue weighted by molar-refractivity contribution is -0.125. The van der Waals surface area contributed by atoms with Crippen molar-refractivity contribution in [2.24, 2.45) is 5.10 Å². The van der Waals surface area contributed by atoms with E-state index in [1.165, 1.54) is 5.01 Å². The third-order valence-electron chi connectivity index (χ3n) is 5.32. The van der Waals surface area contributed by atoms with E-state index in [1.807, 2.05) is 66.7 Å². The van der Waals surface area contributed by atoms with Gasteiger partial charge in [-0.05, 0) is 52.4 Å². The second-order valence-corrected chi connectivity index (χ2v) is 9.19. The second kappa shape index (κ2) is 11.4. The summed E-state index contributed by atoms with van der Waals surface area (Å²) in [7, 11) is 1.58. The first-order valence-corrected chi connectivity index (χ1v) is 12.3. The smallest absolute Gasteiger partial charge is 0.276 e. The summed E-state index contributed by atoms with van der Waals surface area (Å²) in [6.45, 7) is 0.530. The van der Waals surface area contributed by atoms with Crippen molar-refractivity contribution in [1.82, 2.24) is 5.01 Å². The molecule has 8 heteroatoms. The summed E-state index contributed by atoms with van der Waals surface area (Å²) in [5, 5.41) is 15.5. The van der Waals surface area contributed by atoms with Crippen LogP contribution in [0.15, 0.2) is 77.4 Å². The topological polar surface area (TPSA) is 74.9 Å². The van der Waals surface area contributed by atoms with Gasteiger partial charge in [0, 0.05) is 16.1 Å². The van der Waals surface area contributed by atoms with E-state index < -0.39 is 0 Å². The van der Waals surface area contributed by atoms with Crippen molar-refractivity contribution in [2.75, 3.05) is 13.7 Å². The summed E-state index contributed by atoms with van der Waals surface area (Å²) in [5.74, 6) is 0.897. The molecule has 0 bridgehead atoms. The predicted molar refractivity (Wildman–Crippen MR) is 144 cm³/mol. The summed E-state index contributed by atoms with van der Waals surface area (Å²) in [6.07, 6.45) is 2.00. The number of carbonyl (C=O) groups excluding carboxylic acids is 1. The Hall–Kier alpha value is -3.35. The third kappa shape index (κ3) is 5.66. The molecular weight excluding hydrogens is 577 g/mol. The zero-order valence-electron chi connectivity index (χ0n) is 18.9. The molecule has 0 saturated carbocycles. The van der Waals surface area contributed by atoms with Crippen LogP contribution >= 0.6 is 34.2 Å². The van der Waals surface area contributed by atoms with E-state index in [0.29, 0.717) is 34.4 Å². The highest BCUT2D eigenvalue weighted by Crippen LogP contribution is 2.36. The van der Waals surface area contributed by atoms with E-state index in [0.717, 1.165) is 20.3 Å². The third-order valence-corrected chi connectivity index (χ3v) is 6.49. The van der Waals surface area contributed by atoms with E-state index in [1.54, 1.807) is 13.2 Å². The van der Waals surface area contributed by atoms with Gasteiger partial charge in [0.15, 0.2) is 11.5 Å². The lowest BCUT2D eigenvalue weighted by Gasteiger charge is -2.14. The molecule has 0 spiro atoms. The molecule has 1 amide bonds. The second-order valence-electron chi connectivity index (χ2n) is 7.62. The first-order chi connectivity index (χ1) is 17.0. The molecule has 0 aromatic heterocycles. The van der Waals surface area contributed by atoms with Gasteiger partial charge in [-0.2, -0.15) is 10.4 Å². The molecule has 4 rings (SSSR count). The number of nitrogens with zero attached hydrogens (tertiary/aromatic N) is 3. The van der Waals surface area contributed by atoms with E-state index in [-0.39, 0.29) is 18.9 Å². The van der Waals surface area contributed by atoms with Gasteiger partial charge in [-0.1, -0.05) is 60.1 Å². The fourth-order valence-corrected chi connectivity index (χ4v) is 4.57. The van der Waals surface area contributed by atoms with Crippen LogP contribution < -0.4 is 9.47 Å². The number of hydrogen-bond donors (Lipinski definition) is 0. The molecule has 0 N–H and O–H groups in total. The van der Waals surface area contributed by atoms with Crippen LogP contribution in [0.5, 0.6) is 11.5 Å². The highest BCUT2D eigenvalue weighted by molar-refractivity contribution is 14.1. The number of hydrogen-bond acceptors (Lipinski definition) is 5. The minimum Gasteiger partial charge on any atom is -0.493 e.